The van der Waals surface area contributed by atoms with Crippen LogP contribution in [0.2, 0.25) is 18.5 Å². The Kier molecular flexibility index (Phi) is 41.1. The van der Waals surface area contributed by atoms with Gasteiger partial charge in [-0.1, -0.05) is 48.0 Å². The summed E-state index contributed by atoms with van der Waals surface area (Å²) >= 11 is 6.68. The van der Waals surface area contributed by atoms with E-state index in [2.05, 4.69) is 125 Å². The number of rotatable bonds is 24. The van der Waals surface area contributed by atoms with Crippen molar-refractivity contribution in [3.63, 3.8) is 0 Å². The van der Waals surface area contributed by atoms with Gasteiger partial charge in [0.1, 0.15) is 38.3 Å². The van der Waals surface area contributed by atoms with Crippen molar-refractivity contribution in [3.05, 3.63) is 271 Å². The number of halogens is 4. The van der Waals surface area contributed by atoms with Crippen LogP contribution in [0.15, 0.2) is 226 Å². The number of hydrogen-bond acceptors (Lipinski definition) is 31. The fourth-order valence-electron chi connectivity index (χ4n) is 13.2. The minimum Gasteiger partial charge on any atom is -0.481 e. The molecular weight excluding hydrogens is 1920 g/mol. The molecule has 0 unspecified atom stereocenters. The van der Waals surface area contributed by atoms with Crippen molar-refractivity contribution in [2.45, 2.75) is 124 Å². The third-order valence-corrected chi connectivity index (χ3v) is 36.9. The summed E-state index contributed by atoms with van der Waals surface area (Å²) in [6.07, 6.45) is 21.6. The van der Waals surface area contributed by atoms with Gasteiger partial charge in [0.2, 0.25) is 69.9 Å². The van der Waals surface area contributed by atoms with E-state index < -0.39 is 55.1 Å². The second-order valence-corrected chi connectivity index (χ2v) is 45.2. The summed E-state index contributed by atoms with van der Waals surface area (Å²) in [5.74, 6) is -0.685. The first-order valence-electron chi connectivity index (χ1n) is 42.6. The first-order valence-corrected chi connectivity index (χ1v) is 51.3. The predicted molar refractivity (Wildman–Crippen MR) is 527 cm³/mol. The molecule has 708 valence electrons. The van der Waals surface area contributed by atoms with Crippen molar-refractivity contribution in [3.8, 4) is 91.3 Å². The van der Waals surface area contributed by atoms with Crippen LogP contribution in [-0.2, 0) is 48.2 Å². The van der Waals surface area contributed by atoms with Crippen LogP contribution in [0.4, 0.5) is 38.5 Å². The Balaban J connectivity index is 0.000000192. The summed E-state index contributed by atoms with van der Waals surface area (Å²) in [6.45, 7) is 15.2. The first kappa shape index (κ1) is 107. The fourth-order valence-corrected chi connectivity index (χ4v) is 29.4. The zero-order valence-corrected chi connectivity index (χ0v) is 82.7. The van der Waals surface area contributed by atoms with E-state index in [9.17, 15) is 28.0 Å². The van der Waals surface area contributed by atoms with Crippen molar-refractivity contribution < 1.29 is 46.9 Å². The molecule has 0 aliphatic carbocycles. The van der Waals surface area contributed by atoms with Crippen LogP contribution in [0.1, 0.15) is 98.2 Å². The second kappa shape index (κ2) is 52.1. The molecule has 0 bridgehead atoms. The van der Waals surface area contributed by atoms with E-state index in [-0.39, 0.29) is 69.3 Å². The number of unbranched alkanes of at least 4 members (excludes halogenated alkanes) is 3. The molecule has 1 saturated heterocycles. The summed E-state index contributed by atoms with van der Waals surface area (Å²) in [5.41, 5.74) is 42.0. The number of aliphatic carboxylic acids is 1. The van der Waals surface area contributed by atoms with Gasteiger partial charge in [0.25, 0.3) is 0 Å². The van der Waals surface area contributed by atoms with Crippen LogP contribution < -0.4 is 79.2 Å². The van der Waals surface area contributed by atoms with Gasteiger partial charge in [0.05, 0.1) is 85.8 Å². The number of carboxylic acid groups (broad SMARTS) is 1. The van der Waals surface area contributed by atoms with Crippen LogP contribution in [-0.4, -0.2) is 165 Å². The van der Waals surface area contributed by atoms with Gasteiger partial charge in [-0.15, -0.1) is 0 Å². The number of methoxy groups -OCH3 is 4. The maximum Gasteiger partial charge on any atom is 0.496 e. The van der Waals surface area contributed by atoms with Crippen LogP contribution in [0, 0.1) is 11.6 Å². The largest absolute Gasteiger partial charge is 0.496 e. The van der Waals surface area contributed by atoms with Crippen molar-refractivity contribution in [2.24, 2.45) is 26.9 Å². The molecule has 0 amide bonds. The number of nitrogens with zero attached hydrogens (tertiary/aromatic N) is 18. The number of aryl methyl sites for hydroxylation is 3. The summed E-state index contributed by atoms with van der Waals surface area (Å²) in [7, 11) is 10.7. The standard InChI is InChI=1S/C16H16N6O.C16H15N5O2.C12H18BNO3.C10H9BrN4O.C10H10N4O.C8H6F2O2.C5H6ClN3O.C5H4N.3C4H9.Sn/c1-22-9-10(5-6-13(22)23)14-12(8-17)20-16(18)21-15(14)11-4-2-3-7-19-11;1-21-9-10(6-7-12(21)22)13-14(11-5-3-4-8-18-11)19-16(17)20-15(13)23-2;1-11(2)12(3,4)17-13(16-11)9-6-7-10(15)14(5)8-9;1-16-9-7(11)8(14-10(12)15-9)6-4-2-3-5-13-6;1-15-9-6-8(13-10(11)14-9)7-4-2-3-5-12-7;9-6-2-1-3-7(10)5(6)4-8(11)12;1-10-4-2-3(6)8-5(7)9-4;1-2-4-6-5-3-1;3*1-3-4-2;/h2-7,9H,8,17H2,1H3,(H2,18,20,21);3-9H,1-2H3,(H2,17,19,20);6-8H,1-5H3;2-5H,1H3,(H2,12,14,15);2-6H,1H3,(H2,11,13,14);1-3H,4H2,(H,11,12);2H,1H3,(H2,7,8,9);1-4H;3*1,3-4H2,2H3;. The Morgan fingerprint density at radius 2 is 0.881 bits per heavy atom. The number of nitrogens with two attached hydrogens (primary N) is 6. The molecule has 14 heterocycles. The van der Waals surface area contributed by atoms with Gasteiger partial charge in [-0.3, -0.25) is 39.1 Å². The average molecular weight is 2040 g/mol. The van der Waals surface area contributed by atoms with E-state index >= 15 is 0 Å². The average Bonchev–Trinajstić information content (AvgIpc) is 1.63. The Labute approximate surface area is 798 Å². The first-order chi connectivity index (χ1) is 64.5. The Morgan fingerprint density at radius 1 is 0.474 bits per heavy atom. The maximum atomic E-state index is 12.7. The van der Waals surface area contributed by atoms with Gasteiger partial charge in [-0.25, -0.2) is 38.7 Å². The molecule has 13 aromatic heterocycles. The van der Waals surface area contributed by atoms with Crippen LogP contribution in [0.5, 0.6) is 23.5 Å². The number of carbonyl (C=O) groups is 1. The third kappa shape index (κ3) is 30.9. The van der Waals surface area contributed by atoms with E-state index in [4.69, 9.17) is 84.3 Å². The molecular formula is C94H111BBrClF2N24O11Sn. The van der Waals surface area contributed by atoms with E-state index in [0.717, 1.165) is 40.0 Å². The monoisotopic (exact) mass is 2030 g/mol. The van der Waals surface area contributed by atoms with E-state index in [1.807, 2.05) is 107 Å². The molecule has 0 radical (unpaired) electrons. The van der Waals surface area contributed by atoms with Gasteiger partial charge >= 0.3 is 137 Å². The number of hydrogen-bond donors (Lipinski definition) is 7. The zero-order chi connectivity index (χ0) is 98.5. The quantitative estimate of drug-likeness (QED) is 0.0218. The molecule has 1 aromatic carbocycles. The molecule has 0 saturated carbocycles. The number of benzene rings is 1. The fraction of sp³-hybridized carbons (Fsp3) is 0.287. The molecule has 15 rings (SSSR count). The van der Waals surface area contributed by atoms with Gasteiger partial charge < -0.3 is 81.5 Å². The molecule has 35 nitrogen and oxygen atoms in total. The second-order valence-electron chi connectivity index (χ2n) is 30.9. The van der Waals surface area contributed by atoms with Gasteiger partial charge in [0.15, 0.2) is 0 Å². The summed E-state index contributed by atoms with van der Waals surface area (Å²) in [4.78, 5) is 107. The molecule has 1 aliphatic heterocycles. The minimum absolute atomic E-state index is 0.0368. The molecule has 1 fully saturated rings. The maximum absolute atomic E-state index is 12.7. The van der Waals surface area contributed by atoms with Gasteiger partial charge in [-0.2, -0.15) is 19.9 Å². The number of carboxylic acids is 1. The molecule has 0 atom stereocenters. The molecule has 14 aromatic rings. The minimum atomic E-state index is -2.21. The van der Waals surface area contributed by atoms with Crippen molar-refractivity contribution in [1.29, 1.82) is 0 Å². The molecule has 135 heavy (non-hydrogen) atoms. The Bertz CT molecular complexity index is 6160. The van der Waals surface area contributed by atoms with E-state index in [1.54, 1.807) is 92.5 Å². The third-order valence-electron chi connectivity index (χ3n) is 20.8. The summed E-state index contributed by atoms with van der Waals surface area (Å²) in [5, 5.41) is 8.56. The number of nitrogen functional groups attached to an aromatic ring is 5. The predicted octanol–water partition coefficient (Wildman–Crippen LogP) is 13.6. The smallest absolute Gasteiger partial charge is 0.481 e. The Morgan fingerprint density at radius 3 is 1.30 bits per heavy atom. The normalized spacial score (nSPS) is 11.9. The Hall–Kier alpha value is -13.7. The van der Waals surface area contributed by atoms with Crippen molar-refractivity contribution in [1.82, 2.24) is 88.5 Å². The summed E-state index contributed by atoms with van der Waals surface area (Å²) < 4.78 is 68.7. The topological polar surface area (TPSA) is 508 Å². The summed E-state index contributed by atoms with van der Waals surface area (Å²) in [6, 6.07) is 44.9. The van der Waals surface area contributed by atoms with Crippen molar-refractivity contribution in [2.75, 3.05) is 57.1 Å². The van der Waals surface area contributed by atoms with Crippen LogP contribution in [0.3, 0.4) is 0 Å². The molecule has 13 N–H and O–H groups in total. The molecule has 0 spiro atoms. The molecule has 1 aliphatic rings. The van der Waals surface area contributed by atoms with Crippen LogP contribution in [0.25, 0.3) is 67.8 Å². The van der Waals surface area contributed by atoms with E-state index in [0.29, 0.717) is 79.1 Å². The molecule has 41 heteroatoms. The van der Waals surface area contributed by atoms with E-state index in [1.165, 1.54) is 124 Å². The number of anilines is 5. The zero-order valence-electron chi connectivity index (χ0n) is 77.5. The van der Waals surface area contributed by atoms with Gasteiger partial charge in [0, 0.05) is 124 Å². The van der Waals surface area contributed by atoms with Crippen LogP contribution >= 0.6 is 27.5 Å². The number of ether oxygens (including phenoxy) is 4. The van der Waals surface area contributed by atoms with Gasteiger partial charge in [-0.05, 0) is 122 Å². The number of aromatic nitrogens is 18. The SMILES string of the molecule is CCC[CH2][Sn]([CH2]CCC)([CH2]CCC)[c]1ccccn1.COc1cc(-c2ccccn2)nc(N)n1.COc1cc(Cl)nc(N)n1.COc1nc(N)nc(-c2ccccn2)c1-c1ccc(=O)n(C)c1.COc1nc(N)nc(-c2ccccn2)c1Br.Cn1cc(-c2c(CN)nc(N)nc2-c2ccccn2)ccc1=O.Cn1cc(B2OC(C)(C)C(C)(C)O2)ccc1=O.O=C(O)Cc1c(F)cccc1F. The van der Waals surface area contributed by atoms with Crippen molar-refractivity contribution >= 4 is 97.9 Å². The number of pyridine rings is 8.